The maximum Gasteiger partial charge on any atom is 0.327 e. The van der Waals surface area contributed by atoms with E-state index in [2.05, 4.69) is 5.32 Å². The Kier molecular flexibility index (Phi) is 5.04. The van der Waals surface area contributed by atoms with Gasteiger partial charge in [-0.05, 0) is 26.8 Å². The van der Waals surface area contributed by atoms with E-state index >= 15 is 0 Å². The van der Waals surface area contributed by atoms with E-state index in [1.54, 1.807) is 6.07 Å². The Hall–Kier alpha value is -2.15. The molecule has 1 unspecified atom stereocenters. The van der Waals surface area contributed by atoms with Crippen molar-refractivity contribution in [1.29, 1.82) is 0 Å². The summed E-state index contributed by atoms with van der Waals surface area (Å²) in [5, 5.41) is 23.0. The fourth-order valence-electron chi connectivity index (χ4n) is 1.75. The number of hydrogen-bond donors (Lipinski definition) is 2. The third-order valence-electron chi connectivity index (χ3n) is 2.66. The molecule has 2 N–H and O–H groups in total. The van der Waals surface area contributed by atoms with Crippen molar-refractivity contribution in [3.8, 4) is 5.75 Å². The van der Waals surface area contributed by atoms with E-state index in [-0.39, 0.29) is 24.1 Å². The Labute approximate surface area is 116 Å². The second-order valence-electron chi connectivity index (χ2n) is 4.95. The average molecular weight is 282 g/mol. The van der Waals surface area contributed by atoms with E-state index in [0.717, 1.165) is 0 Å². The molecule has 0 aliphatic carbocycles. The van der Waals surface area contributed by atoms with Crippen molar-refractivity contribution in [1.82, 2.24) is 5.32 Å². The van der Waals surface area contributed by atoms with Crippen LogP contribution in [0.25, 0.3) is 0 Å². The minimum absolute atomic E-state index is 0.0514. The number of nitrogens with one attached hydrogen (secondary N) is 1. The fourth-order valence-corrected chi connectivity index (χ4v) is 1.75. The number of nitro groups is 1. The molecular weight excluding hydrogens is 264 g/mol. The van der Waals surface area contributed by atoms with Crippen LogP contribution < -0.4 is 10.1 Å². The third-order valence-corrected chi connectivity index (χ3v) is 2.66. The van der Waals surface area contributed by atoms with Crippen LogP contribution in [0.3, 0.4) is 0 Å². The average Bonchev–Trinajstić information content (AvgIpc) is 2.35. The lowest BCUT2D eigenvalue weighted by Crippen LogP contribution is -2.56. The number of aliphatic carboxylic acids is 1. The van der Waals surface area contributed by atoms with E-state index in [1.807, 2.05) is 13.8 Å². The number of nitrogens with zero attached hydrogens (tertiary/aromatic N) is 1. The van der Waals surface area contributed by atoms with Gasteiger partial charge in [-0.2, -0.15) is 0 Å². The smallest absolute Gasteiger partial charge is 0.327 e. The standard InChI is InChI=1S/C13H18N2O5/c1-9(2)14-13(3,12(16)17)8-20-11-7-5-4-6-10(11)15(18)19/h4-7,9,14H,8H2,1-3H3,(H,16,17). The second-order valence-corrected chi connectivity index (χ2v) is 4.95. The maximum atomic E-state index is 11.3. The SMILES string of the molecule is CC(C)NC(C)(COc1ccccc1[N+](=O)[O-])C(=O)O. The van der Waals surface area contributed by atoms with Gasteiger partial charge in [-0.1, -0.05) is 12.1 Å². The molecule has 0 saturated carbocycles. The van der Waals surface area contributed by atoms with Crippen molar-refractivity contribution in [3.63, 3.8) is 0 Å². The molecule has 0 aliphatic heterocycles. The van der Waals surface area contributed by atoms with Gasteiger partial charge in [0.25, 0.3) is 0 Å². The van der Waals surface area contributed by atoms with Crippen LogP contribution >= 0.6 is 0 Å². The normalized spacial score (nSPS) is 13.8. The molecule has 0 fully saturated rings. The van der Waals surface area contributed by atoms with Gasteiger partial charge in [0.1, 0.15) is 12.1 Å². The van der Waals surface area contributed by atoms with Crippen LogP contribution in [0.2, 0.25) is 0 Å². The lowest BCUT2D eigenvalue weighted by Gasteiger charge is -2.28. The highest BCUT2D eigenvalue weighted by Gasteiger charge is 2.35. The molecule has 0 spiro atoms. The summed E-state index contributed by atoms with van der Waals surface area (Å²) in [7, 11) is 0. The zero-order valence-electron chi connectivity index (χ0n) is 11.6. The van der Waals surface area contributed by atoms with E-state index in [4.69, 9.17) is 4.74 Å². The summed E-state index contributed by atoms with van der Waals surface area (Å²) < 4.78 is 5.34. The first-order valence-corrected chi connectivity index (χ1v) is 6.13. The molecule has 20 heavy (non-hydrogen) atoms. The molecule has 1 atom stereocenters. The van der Waals surface area contributed by atoms with Crippen molar-refractivity contribution in [2.75, 3.05) is 6.61 Å². The summed E-state index contributed by atoms with van der Waals surface area (Å²) in [6.07, 6.45) is 0. The summed E-state index contributed by atoms with van der Waals surface area (Å²) in [5.74, 6) is -1.03. The molecule has 0 saturated heterocycles. The van der Waals surface area contributed by atoms with Gasteiger partial charge < -0.3 is 9.84 Å². The van der Waals surface area contributed by atoms with Crippen molar-refractivity contribution in [3.05, 3.63) is 34.4 Å². The predicted molar refractivity (Wildman–Crippen MR) is 72.9 cm³/mol. The van der Waals surface area contributed by atoms with Gasteiger partial charge in [0, 0.05) is 12.1 Å². The highest BCUT2D eigenvalue weighted by atomic mass is 16.6. The number of carboxylic acid groups (broad SMARTS) is 1. The zero-order valence-corrected chi connectivity index (χ0v) is 11.6. The van der Waals surface area contributed by atoms with Gasteiger partial charge in [-0.3, -0.25) is 20.2 Å². The molecule has 1 rings (SSSR count). The van der Waals surface area contributed by atoms with Crippen LogP contribution in [0.15, 0.2) is 24.3 Å². The molecule has 1 aromatic carbocycles. The molecule has 0 bridgehead atoms. The largest absolute Gasteiger partial charge is 0.484 e. The topological polar surface area (TPSA) is 102 Å². The number of ether oxygens (including phenoxy) is 1. The Morgan fingerprint density at radius 2 is 2.10 bits per heavy atom. The molecule has 110 valence electrons. The molecule has 7 heteroatoms. The highest BCUT2D eigenvalue weighted by Crippen LogP contribution is 2.26. The third kappa shape index (κ3) is 3.92. The number of benzene rings is 1. The monoisotopic (exact) mass is 282 g/mol. The van der Waals surface area contributed by atoms with Crippen molar-refractivity contribution in [2.24, 2.45) is 0 Å². The molecule has 0 heterocycles. The Bertz CT molecular complexity index is 503. The zero-order chi connectivity index (χ0) is 15.3. The molecule has 0 radical (unpaired) electrons. The molecule has 7 nitrogen and oxygen atoms in total. The predicted octanol–water partition coefficient (Wildman–Crippen LogP) is 1.81. The second kappa shape index (κ2) is 6.33. The van der Waals surface area contributed by atoms with Crippen molar-refractivity contribution >= 4 is 11.7 Å². The van der Waals surface area contributed by atoms with Gasteiger partial charge in [-0.15, -0.1) is 0 Å². The first kappa shape index (κ1) is 15.9. The van der Waals surface area contributed by atoms with Gasteiger partial charge in [0.15, 0.2) is 5.75 Å². The van der Waals surface area contributed by atoms with E-state index < -0.39 is 16.4 Å². The van der Waals surface area contributed by atoms with Crippen LogP contribution in [-0.2, 0) is 4.79 Å². The Morgan fingerprint density at radius 1 is 1.50 bits per heavy atom. The van der Waals surface area contributed by atoms with Crippen molar-refractivity contribution in [2.45, 2.75) is 32.4 Å². The maximum absolute atomic E-state index is 11.3. The first-order valence-electron chi connectivity index (χ1n) is 6.13. The summed E-state index contributed by atoms with van der Waals surface area (Å²) >= 11 is 0. The lowest BCUT2D eigenvalue weighted by atomic mass is 10.0. The molecular formula is C13H18N2O5. The minimum Gasteiger partial charge on any atom is -0.484 e. The number of carboxylic acids is 1. The number of hydrogen-bond acceptors (Lipinski definition) is 5. The van der Waals surface area contributed by atoms with Crippen molar-refractivity contribution < 1.29 is 19.6 Å². The molecule has 0 aromatic heterocycles. The van der Waals surface area contributed by atoms with Crippen LogP contribution in [0.1, 0.15) is 20.8 Å². The number of para-hydroxylation sites is 2. The first-order chi connectivity index (χ1) is 9.26. The molecule has 0 aliphatic rings. The summed E-state index contributed by atoms with van der Waals surface area (Å²) in [4.78, 5) is 21.6. The Balaban J connectivity index is 2.88. The van der Waals surface area contributed by atoms with E-state index in [9.17, 15) is 20.0 Å². The molecule has 0 amide bonds. The summed E-state index contributed by atoms with van der Waals surface area (Å²) in [6.45, 7) is 4.88. The highest BCUT2D eigenvalue weighted by molar-refractivity contribution is 5.78. The van der Waals surface area contributed by atoms with Gasteiger partial charge >= 0.3 is 11.7 Å². The lowest BCUT2D eigenvalue weighted by molar-refractivity contribution is -0.385. The van der Waals surface area contributed by atoms with Crippen LogP contribution in [0.4, 0.5) is 5.69 Å². The fraction of sp³-hybridized carbons (Fsp3) is 0.462. The Morgan fingerprint density at radius 3 is 2.60 bits per heavy atom. The number of rotatable bonds is 7. The van der Waals surface area contributed by atoms with Gasteiger partial charge in [-0.25, -0.2) is 0 Å². The minimum atomic E-state index is -1.32. The van der Waals surface area contributed by atoms with E-state index in [1.165, 1.54) is 25.1 Å². The quantitative estimate of drug-likeness (QED) is 0.584. The van der Waals surface area contributed by atoms with Crippen LogP contribution in [-0.4, -0.2) is 34.2 Å². The van der Waals surface area contributed by atoms with Crippen LogP contribution in [0, 0.1) is 10.1 Å². The van der Waals surface area contributed by atoms with Crippen LogP contribution in [0.5, 0.6) is 5.75 Å². The number of carbonyl (C=O) groups is 1. The summed E-state index contributed by atoms with van der Waals surface area (Å²) in [5.41, 5.74) is -1.51. The summed E-state index contributed by atoms with van der Waals surface area (Å²) in [6, 6.07) is 5.80. The number of nitro benzene ring substituents is 1. The molecule has 1 aromatic rings. The van der Waals surface area contributed by atoms with Gasteiger partial charge in [0.05, 0.1) is 4.92 Å². The van der Waals surface area contributed by atoms with Gasteiger partial charge in [0.2, 0.25) is 0 Å². The van der Waals surface area contributed by atoms with E-state index in [0.29, 0.717) is 0 Å².